The van der Waals surface area contributed by atoms with Gasteiger partial charge in [0.05, 0.1) is 5.69 Å². The molecule has 0 spiro atoms. The van der Waals surface area contributed by atoms with E-state index in [1.54, 1.807) is 0 Å². The van der Waals surface area contributed by atoms with Gasteiger partial charge in [-0.05, 0) is 39.5 Å². The van der Waals surface area contributed by atoms with Gasteiger partial charge in [0.2, 0.25) is 0 Å². The van der Waals surface area contributed by atoms with Crippen molar-refractivity contribution in [2.24, 2.45) is 10.7 Å². The number of aliphatic imine (C=N–C) groups is 1. The first-order valence-electron chi connectivity index (χ1n) is 6.15. The van der Waals surface area contributed by atoms with Crippen LogP contribution in [0.5, 0.6) is 0 Å². The maximum Gasteiger partial charge on any atom is 0.188 e. The predicted molar refractivity (Wildman–Crippen MR) is 66.9 cm³/mol. The van der Waals surface area contributed by atoms with Crippen molar-refractivity contribution >= 4 is 5.96 Å². The number of aryl methyl sites for hydroxylation is 2. The number of rotatable bonds is 5. The maximum atomic E-state index is 5.74. The molecule has 0 amide bonds. The molecule has 1 heterocycles. The van der Waals surface area contributed by atoms with E-state index in [1.165, 1.54) is 18.4 Å². The highest BCUT2D eigenvalue weighted by Gasteiger charge is 2.21. The summed E-state index contributed by atoms with van der Waals surface area (Å²) in [6.07, 6.45) is 4.35. The van der Waals surface area contributed by atoms with E-state index in [0.717, 1.165) is 30.8 Å². The first-order chi connectivity index (χ1) is 8.16. The monoisotopic (exact) mass is 236 g/mol. The van der Waals surface area contributed by atoms with Crippen LogP contribution in [0.2, 0.25) is 0 Å². The van der Waals surface area contributed by atoms with Crippen molar-refractivity contribution in [1.82, 2.24) is 10.5 Å². The van der Waals surface area contributed by atoms with Crippen LogP contribution in [0.1, 0.15) is 36.3 Å². The SMILES string of the molecule is Cc1noc(C)c1CCCN=C(N)NC1CC1. The highest BCUT2D eigenvalue weighted by Crippen LogP contribution is 2.18. The van der Waals surface area contributed by atoms with Crippen molar-refractivity contribution in [1.29, 1.82) is 0 Å². The number of nitrogens with two attached hydrogens (primary N) is 1. The van der Waals surface area contributed by atoms with E-state index in [4.69, 9.17) is 10.3 Å². The van der Waals surface area contributed by atoms with Gasteiger partial charge < -0.3 is 15.6 Å². The molecule has 1 aromatic rings. The maximum absolute atomic E-state index is 5.74. The third kappa shape index (κ3) is 3.47. The molecular formula is C12H20N4O. The predicted octanol–water partition coefficient (Wildman–Crippen LogP) is 1.29. The highest BCUT2D eigenvalue weighted by molar-refractivity contribution is 5.78. The number of nitrogens with one attached hydrogen (secondary N) is 1. The third-order valence-corrected chi connectivity index (χ3v) is 2.98. The second-order valence-corrected chi connectivity index (χ2v) is 4.59. The lowest BCUT2D eigenvalue weighted by atomic mass is 10.1. The fraction of sp³-hybridized carbons (Fsp3) is 0.667. The molecule has 5 heteroatoms. The molecule has 5 nitrogen and oxygen atoms in total. The van der Waals surface area contributed by atoms with Crippen LogP contribution < -0.4 is 11.1 Å². The number of hydrogen-bond acceptors (Lipinski definition) is 3. The van der Waals surface area contributed by atoms with Crippen molar-refractivity contribution in [2.45, 2.75) is 45.6 Å². The van der Waals surface area contributed by atoms with Gasteiger partial charge in [-0.3, -0.25) is 4.99 Å². The molecule has 3 N–H and O–H groups in total. The number of guanidine groups is 1. The summed E-state index contributed by atoms with van der Waals surface area (Å²) in [6, 6.07) is 0.571. The lowest BCUT2D eigenvalue weighted by molar-refractivity contribution is 0.392. The van der Waals surface area contributed by atoms with Gasteiger partial charge in [0.1, 0.15) is 5.76 Å². The summed E-state index contributed by atoms with van der Waals surface area (Å²) in [4.78, 5) is 4.30. The molecule has 0 saturated heterocycles. The van der Waals surface area contributed by atoms with Gasteiger partial charge >= 0.3 is 0 Å². The highest BCUT2D eigenvalue weighted by atomic mass is 16.5. The lowest BCUT2D eigenvalue weighted by Gasteiger charge is -2.03. The summed E-state index contributed by atoms with van der Waals surface area (Å²) in [5, 5.41) is 7.10. The molecule has 1 aliphatic rings. The number of nitrogens with zero attached hydrogens (tertiary/aromatic N) is 2. The van der Waals surface area contributed by atoms with Crippen molar-refractivity contribution < 1.29 is 4.52 Å². The normalized spacial score (nSPS) is 16.2. The van der Waals surface area contributed by atoms with Crippen LogP contribution in [-0.2, 0) is 6.42 Å². The molecule has 0 atom stereocenters. The molecule has 0 aromatic carbocycles. The summed E-state index contributed by atoms with van der Waals surface area (Å²) >= 11 is 0. The average Bonchev–Trinajstić information content (AvgIpc) is 3.03. The van der Waals surface area contributed by atoms with E-state index in [1.807, 2.05) is 13.8 Å². The Morgan fingerprint density at radius 1 is 1.53 bits per heavy atom. The molecular weight excluding hydrogens is 216 g/mol. The van der Waals surface area contributed by atoms with Gasteiger partial charge in [-0.25, -0.2) is 0 Å². The van der Waals surface area contributed by atoms with Crippen molar-refractivity contribution in [2.75, 3.05) is 6.54 Å². The molecule has 0 aliphatic heterocycles. The molecule has 0 bridgehead atoms. The Balaban J connectivity index is 1.72. The number of aromatic nitrogens is 1. The standard InChI is InChI=1S/C12H20N4O/c1-8-11(9(2)17-16-8)4-3-7-14-12(13)15-10-5-6-10/h10H,3-7H2,1-2H3,(H3,13,14,15). The third-order valence-electron chi connectivity index (χ3n) is 2.98. The van der Waals surface area contributed by atoms with Gasteiger partial charge in [-0.15, -0.1) is 0 Å². The molecule has 1 saturated carbocycles. The Hall–Kier alpha value is -1.52. The average molecular weight is 236 g/mol. The van der Waals surface area contributed by atoms with E-state index in [9.17, 15) is 0 Å². The van der Waals surface area contributed by atoms with E-state index in [2.05, 4.69) is 15.5 Å². The smallest absolute Gasteiger partial charge is 0.188 e. The van der Waals surface area contributed by atoms with Gasteiger partial charge in [-0.2, -0.15) is 0 Å². The minimum absolute atomic E-state index is 0.571. The second-order valence-electron chi connectivity index (χ2n) is 4.59. The van der Waals surface area contributed by atoms with Crippen molar-refractivity contribution in [3.8, 4) is 0 Å². The van der Waals surface area contributed by atoms with E-state index < -0.39 is 0 Å². The molecule has 1 fully saturated rings. The summed E-state index contributed by atoms with van der Waals surface area (Å²) in [5.74, 6) is 1.49. The Kier molecular flexibility index (Phi) is 3.66. The molecule has 0 unspecified atom stereocenters. The topological polar surface area (TPSA) is 76.4 Å². The summed E-state index contributed by atoms with van der Waals surface area (Å²) in [6.45, 7) is 4.66. The Morgan fingerprint density at radius 3 is 2.88 bits per heavy atom. The minimum atomic E-state index is 0.571. The molecule has 1 aromatic heterocycles. The second kappa shape index (κ2) is 5.21. The number of hydrogen-bond donors (Lipinski definition) is 2. The summed E-state index contributed by atoms with van der Waals surface area (Å²) in [5.41, 5.74) is 7.93. The van der Waals surface area contributed by atoms with Crippen LogP contribution in [0.15, 0.2) is 9.52 Å². The Morgan fingerprint density at radius 2 is 2.29 bits per heavy atom. The summed E-state index contributed by atoms with van der Waals surface area (Å²) in [7, 11) is 0. The molecule has 1 aliphatic carbocycles. The molecule has 17 heavy (non-hydrogen) atoms. The van der Waals surface area contributed by atoms with Crippen LogP contribution in [0.3, 0.4) is 0 Å². The quantitative estimate of drug-likeness (QED) is 0.459. The first-order valence-corrected chi connectivity index (χ1v) is 6.15. The molecule has 2 rings (SSSR count). The summed E-state index contributed by atoms with van der Waals surface area (Å²) < 4.78 is 5.11. The van der Waals surface area contributed by atoms with Crippen LogP contribution in [0, 0.1) is 13.8 Å². The fourth-order valence-electron chi connectivity index (χ4n) is 1.80. The van der Waals surface area contributed by atoms with Crippen molar-refractivity contribution in [3.05, 3.63) is 17.0 Å². The van der Waals surface area contributed by atoms with Gasteiger partial charge in [0, 0.05) is 18.2 Å². The lowest BCUT2D eigenvalue weighted by Crippen LogP contribution is -2.33. The van der Waals surface area contributed by atoms with E-state index in [-0.39, 0.29) is 0 Å². The Bertz CT molecular complexity index is 387. The van der Waals surface area contributed by atoms with Crippen LogP contribution in [0.25, 0.3) is 0 Å². The van der Waals surface area contributed by atoms with Gasteiger partial charge in [0.25, 0.3) is 0 Å². The van der Waals surface area contributed by atoms with Crippen LogP contribution in [-0.4, -0.2) is 23.7 Å². The zero-order valence-electron chi connectivity index (χ0n) is 10.5. The minimum Gasteiger partial charge on any atom is -0.370 e. The molecule has 0 radical (unpaired) electrons. The fourth-order valence-corrected chi connectivity index (χ4v) is 1.80. The zero-order chi connectivity index (χ0) is 12.3. The zero-order valence-corrected chi connectivity index (χ0v) is 10.5. The van der Waals surface area contributed by atoms with Gasteiger partial charge in [-0.1, -0.05) is 5.16 Å². The van der Waals surface area contributed by atoms with Crippen molar-refractivity contribution in [3.63, 3.8) is 0 Å². The van der Waals surface area contributed by atoms with Crippen LogP contribution >= 0.6 is 0 Å². The Labute approximate surface area is 101 Å². The molecule has 94 valence electrons. The van der Waals surface area contributed by atoms with E-state index in [0.29, 0.717) is 12.0 Å². The van der Waals surface area contributed by atoms with Crippen LogP contribution in [0.4, 0.5) is 0 Å². The van der Waals surface area contributed by atoms with E-state index >= 15 is 0 Å². The van der Waals surface area contributed by atoms with Gasteiger partial charge in [0.15, 0.2) is 5.96 Å². The first kappa shape index (κ1) is 12.0. The largest absolute Gasteiger partial charge is 0.370 e.